The van der Waals surface area contributed by atoms with Crippen molar-refractivity contribution in [1.82, 2.24) is 24.5 Å². The first-order valence-electron chi connectivity index (χ1n) is 11.9. The minimum atomic E-state index is -4.75. The molecule has 2 aromatic heterocycles. The van der Waals surface area contributed by atoms with Gasteiger partial charge in [0.15, 0.2) is 17.3 Å². The number of methoxy groups -OCH3 is 2. The van der Waals surface area contributed by atoms with Crippen molar-refractivity contribution in [2.45, 2.75) is 36.1 Å². The maximum Gasteiger partial charge on any atom is 0.452 e. The van der Waals surface area contributed by atoms with Crippen LogP contribution < -0.4 is 9.47 Å². The molecule has 0 spiro atoms. The van der Waals surface area contributed by atoms with E-state index in [2.05, 4.69) is 15.3 Å². The van der Waals surface area contributed by atoms with Gasteiger partial charge in [-0.3, -0.25) is 9.25 Å². The number of alkyl halides is 3. The van der Waals surface area contributed by atoms with Gasteiger partial charge >= 0.3 is 6.18 Å². The zero-order chi connectivity index (χ0) is 27.7. The van der Waals surface area contributed by atoms with Crippen molar-refractivity contribution in [3.63, 3.8) is 0 Å². The number of halogens is 4. The number of carbonyl (C=O) groups is 1. The van der Waals surface area contributed by atoms with E-state index in [0.717, 1.165) is 10.9 Å². The van der Waals surface area contributed by atoms with Gasteiger partial charge in [-0.2, -0.15) is 18.3 Å². The summed E-state index contributed by atoms with van der Waals surface area (Å²) in [5.41, 5.74) is 2.25. The molecule has 204 valence electrons. The summed E-state index contributed by atoms with van der Waals surface area (Å²) >= 11 is 7.81. The molecular formula is C26H23ClF3N5O3S. The lowest BCUT2D eigenvalue weighted by molar-refractivity contribution is -0.146. The number of nitrogens with zero attached hydrogens (tertiary/aromatic N) is 5. The molecule has 0 aliphatic carbocycles. The molecule has 8 nitrogen and oxygen atoms in total. The maximum absolute atomic E-state index is 14.2. The van der Waals surface area contributed by atoms with Gasteiger partial charge < -0.3 is 14.3 Å². The van der Waals surface area contributed by atoms with Crippen LogP contribution in [0.1, 0.15) is 45.4 Å². The smallest absolute Gasteiger partial charge is 0.452 e. The molecule has 5 rings (SSSR count). The van der Waals surface area contributed by atoms with Gasteiger partial charge in [0.2, 0.25) is 5.82 Å². The van der Waals surface area contributed by atoms with Crippen LogP contribution in [-0.2, 0) is 23.9 Å². The van der Waals surface area contributed by atoms with Crippen molar-refractivity contribution in [2.75, 3.05) is 14.2 Å². The monoisotopic (exact) mass is 577 g/mol. The normalized spacial score (nSPS) is 16.8. The number of carbonyl (C=O) groups excluding carboxylic acids is 1. The second-order valence-electron chi connectivity index (χ2n) is 8.71. The Labute approximate surface area is 231 Å². The molecule has 4 aromatic rings. The summed E-state index contributed by atoms with van der Waals surface area (Å²) in [5, 5.41) is 11.2. The van der Waals surface area contributed by atoms with Crippen molar-refractivity contribution in [2.24, 2.45) is 0 Å². The Bertz CT molecular complexity index is 1510. The molecule has 3 heterocycles. The van der Waals surface area contributed by atoms with E-state index in [0.29, 0.717) is 46.3 Å². The number of thioether (sulfide) groups is 1. The minimum Gasteiger partial charge on any atom is -0.493 e. The van der Waals surface area contributed by atoms with Gasteiger partial charge in [0.1, 0.15) is 6.29 Å². The Balaban J connectivity index is 1.69. The van der Waals surface area contributed by atoms with Crippen molar-refractivity contribution < 1.29 is 27.4 Å². The highest BCUT2D eigenvalue weighted by atomic mass is 35.5. The van der Waals surface area contributed by atoms with E-state index in [1.165, 1.54) is 26.0 Å². The molecule has 13 heteroatoms. The molecule has 1 aliphatic heterocycles. The molecule has 1 aliphatic rings. The summed E-state index contributed by atoms with van der Waals surface area (Å²) in [6.45, 7) is 0.348. The average Bonchev–Trinajstić information content (AvgIpc) is 3.53. The Morgan fingerprint density at radius 2 is 1.92 bits per heavy atom. The highest BCUT2D eigenvalue weighted by molar-refractivity contribution is 8.00. The Hall–Kier alpha value is -3.51. The Kier molecular flexibility index (Phi) is 7.59. The zero-order valence-electron chi connectivity index (χ0n) is 20.9. The number of aldehydes is 1. The minimum absolute atomic E-state index is 0.157. The van der Waals surface area contributed by atoms with Crippen LogP contribution in [0.25, 0.3) is 5.69 Å². The van der Waals surface area contributed by atoms with Crippen LogP contribution in [0.3, 0.4) is 0 Å². The third-order valence-electron chi connectivity index (χ3n) is 6.46. The number of aromatic nitrogens is 5. The number of hydrogen-bond donors (Lipinski definition) is 0. The molecule has 2 atom stereocenters. The van der Waals surface area contributed by atoms with Crippen LogP contribution in [0.4, 0.5) is 13.2 Å². The van der Waals surface area contributed by atoms with Gasteiger partial charge in [-0.15, -0.1) is 22.0 Å². The number of aryl methyl sites for hydroxylation is 1. The van der Waals surface area contributed by atoms with Crippen LogP contribution in [-0.4, -0.2) is 45.1 Å². The molecule has 0 radical (unpaired) electrons. The van der Waals surface area contributed by atoms with Gasteiger partial charge in [-0.1, -0.05) is 23.7 Å². The van der Waals surface area contributed by atoms with E-state index in [9.17, 15) is 18.0 Å². The van der Waals surface area contributed by atoms with Gasteiger partial charge in [-0.25, -0.2) is 0 Å². The summed E-state index contributed by atoms with van der Waals surface area (Å²) < 4.78 is 56.5. The van der Waals surface area contributed by atoms with Crippen LogP contribution >= 0.6 is 23.4 Å². The molecule has 0 saturated heterocycles. The first-order valence-corrected chi connectivity index (χ1v) is 13.2. The van der Waals surface area contributed by atoms with Crippen molar-refractivity contribution >= 4 is 29.6 Å². The lowest BCUT2D eigenvalue weighted by Crippen LogP contribution is -2.16. The van der Waals surface area contributed by atoms with Gasteiger partial charge in [-0.05, 0) is 42.3 Å². The van der Waals surface area contributed by atoms with Crippen LogP contribution in [0.2, 0.25) is 5.02 Å². The summed E-state index contributed by atoms with van der Waals surface area (Å²) in [6, 6.07) is 11.9. The summed E-state index contributed by atoms with van der Waals surface area (Å²) in [5.74, 6) is -0.00310. The molecule has 0 amide bonds. The van der Waals surface area contributed by atoms with E-state index in [1.54, 1.807) is 47.3 Å². The number of hydrogen-bond acceptors (Lipinski definition) is 7. The molecule has 0 saturated carbocycles. The Morgan fingerprint density at radius 1 is 1.10 bits per heavy atom. The first kappa shape index (κ1) is 27.1. The second kappa shape index (κ2) is 10.9. The average molecular weight is 578 g/mol. The molecule has 39 heavy (non-hydrogen) atoms. The van der Waals surface area contributed by atoms with E-state index in [1.807, 2.05) is 6.07 Å². The molecule has 0 fully saturated rings. The summed E-state index contributed by atoms with van der Waals surface area (Å²) in [7, 11) is 3.04. The Morgan fingerprint density at radius 3 is 2.64 bits per heavy atom. The molecule has 0 unspecified atom stereocenters. The highest BCUT2D eigenvalue weighted by Crippen LogP contribution is 2.54. The van der Waals surface area contributed by atoms with Crippen molar-refractivity contribution in [3.05, 3.63) is 82.2 Å². The standard InChI is InChI=1S/C26H23ClF3N5O3S/c1-37-20-5-3-4-17(22(20)38-2)23-18-14-15(27)6-7-19(18)35-24(32-33-25(35)26(28,29)30)21(39-23)9-12-34-16(10-13-36)8-11-31-34/h3-8,11,13-14,21,23H,9-10,12H2,1-2H3/t21-,23-/m1/s1. The first-order chi connectivity index (χ1) is 18.8. The lowest BCUT2D eigenvalue weighted by Gasteiger charge is -2.24. The lowest BCUT2D eigenvalue weighted by atomic mass is 10.0. The van der Waals surface area contributed by atoms with E-state index >= 15 is 0 Å². The molecule has 0 N–H and O–H groups in total. The largest absolute Gasteiger partial charge is 0.493 e. The zero-order valence-corrected chi connectivity index (χ0v) is 22.4. The van der Waals surface area contributed by atoms with E-state index < -0.39 is 22.5 Å². The fraction of sp³-hybridized carbons (Fsp3) is 0.308. The topological polar surface area (TPSA) is 84.1 Å². The number of rotatable bonds is 8. The highest BCUT2D eigenvalue weighted by Gasteiger charge is 2.43. The predicted molar refractivity (Wildman–Crippen MR) is 140 cm³/mol. The van der Waals surface area contributed by atoms with Gasteiger partial charge in [0, 0.05) is 35.4 Å². The molecule has 2 aromatic carbocycles. The number of benzene rings is 2. The van der Waals surface area contributed by atoms with Crippen LogP contribution in [0.5, 0.6) is 11.5 Å². The molecular weight excluding hydrogens is 555 g/mol. The fourth-order valence-electron chi connectivity index (χ4n) is 4.78. The van der Waals surface area contributed by atoms with Gasteiger partial charge in [0.25, 0.3) is 0 Å². The molecule has 0 bridgehead atoms. The van der Waals surface area contributed by atoms with E-state index in [4.69, 9.17) is 21.1 Å². The summed E-state index contributed by atoms with van der Waals surface area (Å²) in [6.07, 6.45) is -1.83. The second-order valence-corrected chi connectivity index (χ2v) is 10.5. The van der Waals surface area contributed by atoms with E-state index in [-0.39, 0.29) is 17.9 Å². The third-order valence-corrected chi connectivity index (χ3v) is 8.25. The maximum atomic E-state index is 14.2. The van der Waals surface area contributed by atoms with Crippen LogP contribution in [0, 0.1) is 0 Å². The SMILES string of the molecule is COc1cccc([C@H]2S[C@H](CCn3nccc3CC=O)c3nnc(C(F)(F)F)n3-c3ccc(Cl)cc32)c1OC. The number of para-hydroxylation sites is 1. The number of ether oxygens (including phenoxy) is 2. The summed E-state index contributed by atoms with van der Waals surface area (Å²) in [4.78, 5) is 11.1. The van der Waals surface area contributed by atoms with Crippen molar-refractivity contribution in [3.8, 4) is 17.2 Å². The van der Waals surface area contributed by atoms with Gasteiger partial charge in [0.05, 0.1) is 30.4 Å². The van der Waals surface area contributed by atoms with Crippen LogP contribution in [0.15, 0.2) is 48.7 Å². The fourth-order valence-corrected chi connectivity index (χ4v) is 6.47. The number of fused-ring (bicyclic) bond motifs is 3. The van der Waals surface area contributed by atoms with Crippen molar-refractivity contribution in [1.29, 1.82) is 0 Å². The third kappa shape index (κ3) is 5.10. The predicted octanol–water partition coefficient (Wildman–Crippen LogP) is 5.86. The quantitative estimate of drug-likeness (QED) is 0.242.